The van der Waals surface area contributed by atoms with Gasteiger partial charge in [0.25, 0.3) is 5.91 Å². The molecule has 1 aromatic carbocycles. The highest BCUT2D eigenvalue weighted by atomic mass is 19.2. The summed E-state index contributed by atoms with van der Waals surface area (Å²) in [7, 11) is 1.46. The third kappa shape index (κ3) is 3.13. The first-order valence-corrected chi connectivity index (χ1v) is 6.84. The summed E-state index contributed by atoms with van der Waals surface area (Å²) in [4.78, 5) is 13.5. The van der Waals surface area contributed by atoms with Crippen molar-refractivity contribution in [1.82, 2.24) is 9.78 Å². The molecule has 0 N–H and O–H groups in total. The smallest absolute Gasteiger partial charge is 0.293 e. The van der Waals surface area contributed by atoms with Crippen LogP contribution in [0.3, 0.4) is 0 Å². The summed E-state index contributed by atoms with van der Waals surface area (Å²) in [6.07, 6.45) is 3.42. The Morgan fingerprint density at radius 1 is 1.26 bits per heavy atom. The second kappa shape index (κ2) is 6.04. The van der Waals surface area contributed by atoms with Crippen LogP contribution in [0, 0.1) is 11.6 Å². The molecule has 2 heterocycles. The molecule has 5 nitrogen and oxygen atoms in total. The summed E-state index contributed by atoms with van der Waals surface area (Å²) in [6, 6.07) is 8.25. The number of nitrogens with zero attached hydrogens (tertiary/aromatic N) is 3. The number of aromatic nitrogens is 2. The maximum absolute atomic E-state index is 13.3. The Kier molecular flexibility index (Phi) is 3.92. The Balaban J connectivity index is 1.77. The van der Waals surface area contributed by atoms with E-state index in [1.165, 1.54) is 24.1 Å². The van der Waals surface area contributed by atoms with E-state index in [-0.39, 0.29) is 11.4 Å². The molecule has 0 aliphatic rings. The van der Waals surface area contributed by atoms with E-state index in [4.69, 9.17) is 4.42 Å². The summed E-state index contributed by atoms with van der Waals surface area (Å²) < 4.78 is 33.4. The van der Waals surface area contributed by atoms with Crippen LogP contribution in [0.15, 0.2) is 53.2 Å². The minimum absolute atomic E-state index is 0.111. The summed E-state index contributed by atoms with van der Waals surface area (Å²) >= 11 is 0. The first kappa shape index (κ1) is 15.0. The van der Waals surface area contributed by atoms with Gasteiger partial charge in [-0.15, -0.1) is 0 Å². The fraction of sp³-hybridized carbons (Fsp3) is 0.125. The van der Waals surface area contributed by atoms with Crippen LogP contribution in [-0.4, -0.2) is 22.7 Å². The van der Waals surface area contributed by atoms with Crippen LogP contribution in [0.4, 0.5) is 14.5 Å². The maximum atomic E-state index is 13.3. The van der Waals surface area contributed by atoms with Gasteiger partial charge < -0.3 is 9.32 Å². The van der Waals surface area contributed by atoms with E-state index in [2.05, 4.69) is 5.10 Å². The molecular weight excluding hydrogens is 304 g/mol. The first-order valence-electron chi connectivity index (χ1n) is 6.84. The summed E-state index contributed by atoms with van der Waals surface area (Å²) in [6.45, 7) is 0.398. The molecule has 0 bridgehead atoms. The van der Waals surface area contributed by atoms with Crippen molar-refractivity contribution in [2.45, 2.75) is 6.54 Å². The molecule has 0 spiro atoms. The van der Waals surface area contributed by atoms with Gasteiger partial charge in [-0.2, -0.15) is 5.10 Å². The van der Waals surface area contributed by atoms with Crippen LogP contribution in [0.25, 0.3) is 0 Å². The molecule has 0 unspecified atom stereocenters. The molecule has 3 rings (SSSR count). The summed E-state index contributed by atoms with van der Waals surface area (Å²) in [5.41, 5.74) is 0.235. The fourth-order valence-electron chi connectivity index (χ4n) is 2.11. The van der Waals surface area contributed by atoms with Crippen molar-refractivity contribution in [2.24, 2.45) is 0 Å². The normalized spacial score (nSPS) is 10.7. The molecule has 118 valence electrons. The molecule has 0 saturated heterocycles. The molecule has 1 amide bonds. The third-order valence-corrected chi connectivity index (χ3v) is 3.34. The molecule has 0 aliphatic carbocycles. The zero-order valence-corrected chi connectivity index (χ0v) is 12.2. The maximum Gasteiger partial charge on any atom is 0.293 e. The highest BCUT2D eigenvalue weighted by molar-refractivity contribution is 6.03. The van der Waals surface area contributed by atoms with Crippen molar-refractivity contribution in [1.29, 1.82) is 0 Å². The predicted octanol–water partition coefficient (Wildman–Crippen LogP) is 3.08. The van der Waals surface area contributed by atoms with Crippen LogP contribution >= 0.6 is 0 Å². The SMILES string of the molecule is CN(C(=O)c1ccc(Cn2cccn2)o1)c1ccc(F)c(F)c1. The molecule has 0 saturated carbocycles. The van der Waals surface area contributed by atoms with Gasteiger partial charge in [0, 0.05) is 31.2 Å². The van der Waals surface area contributed by atoms with E-state index in [0.29, 0.717) is 12.3 Å². The van der Waals surface area contributed by atoms with E-state index < -0.39 is 17.5 Å². The van der Waals surface area contributed by atoms with Crippen molar-refractivity contribution in [3.05, 3.63) is 71.9 Å². The molecule has 0 atom stereocenters. The van der Waals surface area contributed by atoms with Crippen LogP contribution < -0.4 is 4.90 Å². The van der Waals surface area contributed by atoms with Crippen molar-refractivity contribution in [3.8, 4) is 0 Å². The number of carbonyl (C=O) groups is 1. The van der Waals surface area contributed by atoms with E-state index in [9.17, 15) is 13.6 Å². The average Bonchev–Trinajstić information content (AvgIpc) is 3.21. The fourth-order valence-corrected chi connectivity index (χ4v) is 2.11. The molecule has 3 aromatic rings. The van der Waals surface area contributed by atoms with Crippen molar-refractivity contribution in [2.75, 3.05) is 11.9 Å². The van der Waals surface area contributed by atoms with Gasteiger partial charge in [0.2, 0.25) is 0 Å². The standard InChI is InChI=1S/C16H13F2N3O2/c1-20(11-3-5-13(17)14(18)9-11)16(22)15-6-4-12(23-15)10-21-8-2-7-19-21/h2-9H,10H2,1H3. The Hall–Kier alpha value is -2.96. The number of hydrogen-bond donors (Lipinski definition) is 0. The van der Waals surface area contributed by atoms with Crippen molar-refractivity contribution < 1.29 is 18.0 Å². The molecule has 23 heavy (non-hydrogen) atoms. The largest absolute Gasteiger partial charge is 0.454 e. The van der Waals surface area contributed by atoms with Crippen LogP contribution in [0.1, 0.15) is 16.3 Å². The minimum Gasteiger partial charge on any atom is -0.454 e. The molecule has 0 fully saturated rings. The van der Waals surface area contributed by atoms with Gasteiger partial charge in [0.05, 0.1) is 6.54 Å². The topological polar surface area (TPSA) is 51.3 Å². The number of rotatable bonds is 4. The van der Waals surface area contributed by atoms with Crippen molar-refractivity contribution >= 4 is 11.6 Å². The van der Waals surface area contributed by atoms with Gasteiger partial charge in [-0.1, -0.05) is 0 Å². The zero-order valence-electron chi connectivity index (χ0n) is 12.2. The predicted molar refractivity (Wildman–Crippen MR) is 79.1 cm³/mol. The highest BCUT2D eigenvalue weighted by Gasteiger charge is 2.18. The van der Waals surface area contributed by atoms with E-state index in [0.717, 1.165) is 12.1 Å². The van der Waals surface area contributed by atoms with E-state index in [1.807, 2.05) is 0 Å². The Labute approximate surface area is 130 Å². The zero-order chi connectivity index (χ0) is 16.4. The van der Waals surface area contributed by atoms with Crippen LogP contribution in [-0.2, 0) is 6.54 Å². The number of hydrogen-bond acceptors (Lipinski definition) is 3. The second-order valence-electron chi connectivity index (χ2n) is 4.93. The lowest BCUT2D eigenvalue weighted by atomic mass is 10.2. The lowest BCUT2D eigenvalue weighted by Crippen LogP contribution is -2.25. The average molecular weight is 317 g/mol. The molecule has 7 heteroatoms. The lowest BCUT2D eigenvalue weighted by Gasteiger charge is -2.16. The van der Waals surface area contributed by atoms with Crippen LogP contribution in [0.2, 0.25) is 0 Å². The number of benzene rings is 1. The van der Waals surface area contributed by atoms with Gasteiger partial charge in [0.1, 0.15) is 5.76 Å². The Morgan fingerprint density at radius 2 is 2.09 bits per heavy atom. The lowest BCUT2D eigenvalue weighted by molar-refractivity contribution is 0.0964. The monoisotopic (exact) mass is 317 g/mol. The van der Waals surface area contributed by atoms with Crippen molar-refractivity contribution in [3.63, 3.8) is 0 Å². The van der Waals surface area contributed by atoms with E-state index in [1.54, 1.807) is 29.2 Å². The Bertz CT molecular complexity index is 828. The second-order valence-corrected chi connectivity index (χ2v) is 4.93. The Morgan fingerprint density at radius 3 is 2.78 bits per heavy atom. The number of halogens is 2. The third-order valence-electron chi connectivity index (χ3n) is 3.34. The van der Waals surface area contributed by atoms with Gasteiger partial charge >= 0.3 is 0 Å². The quantitative estimate of drug-likeness (QED) is 0.743. The molecule has 0 radical (unpaired) electrons. The minimum atomic E-state index is -1.01. The van der Waals surface area contributed by atoms with Gasteiger partial charge in [0.15, 0.2) is 17.4 Å². The summed E-state index contributed by atoms with van der Waals surface area (Å²) in [5.74, 6) is -1.76. The molecule has 2 aromatic heterocycles. The van der Waals surface area contributed by atoms with Crippen LogP contribution in [0.5, 0.6) is 0 Å². The van der Waals surface area contributed by atoms with Gasteiger partial charge in [-0.05, 0) is 30.3 Å². The van der Waals surface area contributed by atoms with Gasteiger partial charge in [-0.3, -0.25) is 9.48 Å². The summed E-state index contributed by atoms with van der Waals surface area (Å²) in [5, 5.41) is 4.05. The van der Waals surface area contributed by atoms with Gasteiger partial charge in [-0.25, -0.2) is 8.78 Å². The first-order chi connectivity index (χ1) is 11.0. The number of furan rings is 1. The highest BCUT2D eigenvalue weighted by Crippen LogP contribution is 2.20. The number of amides is 1. The molecule has 0 aliphatic heterocycles. The van der Waals surface area contributed by atoms with E-state index >= 15 is 0 Å². The number of anilines is 1. The molecular formula is C16H13F2N3O2. The number of carbonyl (C=O) groups excluding carboxylic acids is 1.